The number of nitriles is 1. The van der Waals surface area contributed by atoms with Crippen LogP contribution in [-0.2, 0) is 26.0 Å². The summed E-state index contributed by atoms with van der Waals surface area (Å²) in [5.41, 5.74) is 1.35. The highest BCUT2D eigenvalue weighted by atomic mass is 19.4. The van der Waals surface area contributed by atoms with Crippen molar-refractivity contribution in [2.24, 2.45) is 5.92 Å². The van der Waals surface area contributed by atoms with Gasteiger partial charge in [-0.3, -0.25) is 0 Å². The molecule has 1 spiro atoms. The van der Waals surface area contributed by atoms with Crippen molar-refractivity contribution in [2.75, 3.05) is 13.2 Å². The van der Waals surface area contributed by atoms with Gasteiger partial charge < -0.3 is 18.9 Å². The molecule has 1 saturated carbocycles. The second-order valence-corrected chi connectivity index (χ2v) is 7.33. The molecule has 27 heavy (non-hydrogen) atoms. The highest BCUT2D eigenvalue weighted by Crippen LogP contribution is 2.59. The van der Waals surface area contributed by atoms with E-state index in [-0.39, 0.29) is 17.8 Å². The van der Waals surface area contributed by atoms with Crippen LogP contribution < -0.4 is 4.74 Å². The predicted octanol–water partition coefficient (Wildman–Crippen LogP) is 3.34. The van der Waals surface area contributed by atoms with Crippen LogP contribution in [0.5, 0.6) is 5.75 Å². The Bertz CT molecular complexity index is 869. The number of nitrogens with zero attached hydrogens (tertiary/aromatic N) is 1. The number of hydrogen-bond donors (Lipinski definition) is 0. The molecule has 1 saturated heterocycles. The second kappa shape index (κ2) is 5.40. The van der Waals surface area contributed by atoms with Gasteiger partial charge in [-0.25, -0.2) is 0 Å². The van der Waals surface area contributed by atoms with Crippen molar-refractivity contribution < 1.29 is 32.1 Å². The third-order valence-corrected chi connectivity index (χ3v) is 6.06. The summed E-state index contributed by atoms with van der Waals surface area (Å²) in [7, 11) is 0. The lowest BCUT2D eigenvalue weighted by atomic mass is 9.55. The molecule has 0 aromatic heterocycles. The summed E-state index contributed by atoms with van der Waals surface area (Å²) >= 11 is 0. The van der Waals surface area contributed by atoms with Crippen molar-refractivity contribution in [3.63, 3.8) is 0 Å². The summed E-state index contributed by atoms with van der Waals surface area (Å²) in [6.45, 7) is 0.978. The molecule has 3 atom stereocenters. The van der Waals surface area contributed by atoms with E-state index in [1.54, 1.807) is 12.3 Å². The minimum Gasteiger partial charge on any atom is -0.497 e. The summed E-state index contributed by atoms with van der Waals surface area (Å²) < 4.78 is 59.4. The van der Waals surface area contributed by atoms with Crippen molar-refractivity contribution in [1.29, 1.82) is 5.26 Å². The Balaban J connectivity index is 1.58. The van der Waals surface area contributed by atoms with Crippen LogP contribution >= 0.6 is 0 Å². The lowest BCUT2D eigenvalue weighted by molar-refractivity contribution is -0.274. The van der Waals surface area contributed by atoms with Crippen LogP contribution in [0, 0.1) is 17.2 Å². The first-order valence-electron chi connectivity index (χ1n) is 8.81. The molecule has 5 nitrogen and oxygen atoms in total. The molecule has 0 amide bonds. The Hall–Kier alpha value is -2.24. The van der Waals surface area contributed by atoms with Gasteiger partial charge in [-0.15, -0.1) is 13.2 Å². The molecule has 1 aromatic carbocycles. The van der Waals surface area contributed by atoms with Crippen LogP contribution in [0.1, 0.15) is 24.0 Å². The number of alkyl halides is 3. The Morgan fingerprint density at radius 1 is 1.19 bits per heavy atom. The van der Waals surface area contributed by atoms with Gasteiger partial charge in [0.15, 0.2) is 5.79 Å². The number of rotatable bonds is 1. The third-order valence-electron chi connectivity index (χ3n) is 6.06. The lowest BCUT2D eigenvalue weighted by Gasteiger charge is -2.49. The Kier molecular flexibility index (Phi) is 3.38. The average Bonchev–Trinajstić information content (AvgIpc) is 3.25. The molecule has 5 rings (SSSR count). The van der Waals surface area contributed by atoms with E-state index in [1.165, 1.54) is 12.1 Å². The van der Waals surface area contributed by atoms with E-state index in [0.29, 0.717) is 38.0 Å². The van der Waals surface area contributed by atoms with Gasteiger partial charge in [0.1, 0.15) is 11.9 Å². The standard InChI is InChI=1S/C19H16F3NO4/c20-19(21,22)27-12-1-2-13-11(7-12)8-15-16-14(9-24-15)18(25-5-6-26-18)4-3-17(13,16)10-23/h1-2,7,9,15-16H,3-6,8H2/t15-,16-,17-/m1/s1. The molecule has 0 radical (unpaired) electrons. The summed E-state index contributed by atoms with van der Waals surface area (Å²) in [6.07, 6.45) is -2.08. The third kappa shape index (κ3) is 2.31. The molecule has 1 aromatic rings. The fourth-order valence-corrected chi connectivity index (χ4v) is 5.09. The van der Waals surface area contributed by atoms with Crippen molar-refractivity contribution in [3.05, 3.63) is 41.2 Å². The van der Waals surface area contributed by atoms with Crippen LogP contribution in [0.4, 0.5) is 13.2 Å². The summed E-state index contributed by atoms with van der Waals surface area (Å²) in [6, 6.07) is 6.68. The molecule has 8 heteroatoms. The van der Waals surface area contributed by atoms with Gasteiger partial charge in [-0.1, -0.05) is 6.07 Å². The first-order chi connectivity index (χ1) is 12.9. The zero-order valence-corrected chi connectivity index (χ0v) is 14.2. The minimum absolute atomic E-state index is 0.240. The van der Waals surface area contributed by atoms with Crippen LogP contribution in [0.2, 0.25) is 0 Å². The molecular weight excluding hydrogens is 363 g/mol. The predicted molar refractivity (Wildman–Crippen MR) is 84.4 cm³/mol. The van der Waals surface area contributed by atoms with Crippen LogP contribution in [0.15, 0.2) is 30.0 Å². The maximum Gasteiger partial charge on any atom is 0.573 e. The van der Waals surface area contributed by atoms with E-state index in [1.807, 2.05) is 0 Å². The molecule has 0 unspecified atom stereocenters. The molecule has 0 N–H and O–H groups in total. The van der Waals surface area contributed by atoms with Crippen molar-refractivity contribution in [1.82, 2.24) is 0 Å². The maximum absolute atomic E-state index is 12.6. The van der Waals surface area contributed by atoms with Gasteiger partial charge >= 0.3 is 6.36 Å². The number of halogens is 3. The average molecular weight is 379 g/mol. The molecule has 2 heterocycles. The Morgan fingerprint density at radius 3 is 2.67 bits per heavy atom. The molecule has 2 aliphatic carbocycles. The quantitative estimate of drug-likeness (QED) is 0.749. The van der Waals surface area contributed by atoms with Gasteiger partial charge in [0.25, 0.3) is 0 Å². The van der Waals surface area contributed by atoms with E-state index in [0.717, 1.165) is 11.1 Å². The summed E-state index contributed by atoms with van der Waals surface area (Å²) in [5, 5.41) is 10.1. The second-order valence-electron chi connectivity index (χ2n) is 7.33. The van der Waals surface area contributed by atoms with Crippen LogP contribution in [0.25, 0.3) is 0 Å². The molecule has 2 aliphatic heterocycles. The van der Waals surface area contributed by atoms with Crippen LogP contribution in [0.3, 0.4) is 0 Å². The maximum atomic E-state index is 12.6. The summed E-state index contributed by atoms with van der Waals surface area (Å²) in [4.78, 5) is 0. The van der Waals surface area contributed by atoms with E-state index in [9.17, 15) is 18.4 Å². The van der Waals surface area contributed by atoms with E-state index < -0.39 is 17.6 Å². The van der Waals surface area contributed by atoms with Gasteiger partial charge in [0, 0.05) is 24.3 Å². The monoisotopic (exact) mass is 379 g/mol. The number of ether oxygens (including phenoxy) is 4. The van der Waals surface area contributed by atoms with Gasteiger partial charge in [0.2, 0.25) is 0 Å². The zero-order valence-electron chi connectivity index (χ0n) is 14.2. The van der Waals surface area contributed by atoms with Gasteiger partial charge in [0.05, 0.1) is 31.0 Å². The number of fused-ring (bicyclic) bond motifs is 3. The highest BCUT2D eigenvalue weighted by Gasteiger charge is 2.63. The SMILES string of the molecule is N#C[C@]12CCC3(OCCO3)C3=CO[C@H](Cc4cc(OC(F)(F)F)ccc41)[C@@H]32. The molecular formula is C19H16F3NO4. The molecule has 4 aliphatic rings. The fraction of sp³-hybridized carbons (Fsp3) is 0.526. The van der Waals surface area contributed by atoms with Gasteiger partial charge in [-0.05, 0) is 29.7 Å². The van der Waals surface area contributed by atoms with E-state index in [4.69, 9.17) is 14.2 Å². The molecule has 0 bridgehead atoms. The lowest BCUT2D eigenvalue weighted by Crippen LogP contribution is -2.54. The highest BCUT2D eigenvalue weighted by molar-refractivity contribution is 5.52. The molecule has 2 fully saturated rings. The van der Waals surface area contributed by atoms with E-state index in [2.05, 4.69) is 10.8 Å². The van der Waals surface area contributed by atoms with Crippen molar-refractivity contribution >= 4 is 0 Å². The molecule has 142 valence electrons. The topological polar surface area (TPSA) is 60.7 Å². The fourth-order valence-electron chi connectivity index (χ4n) is 5.09. The van der Waals surface area contributed by atoms with Crippen molar-refractivity contribution in [2.45, 2.75) is 42.9 Å². The largest absolute Gasteiger partial charge is 0.573 e. The first kappa shape index (κ1) is 16.9. The first-order valence-corrected chi connectivity index (χ1v) is 8.81. The Labute approximate surface area is 153 Å². The zero-order chi connectivity index (χ0) is 18.9. The minimum atomic E-state index is -4.76. The number of hydrogen-bond acceptors (Lipinski definition) is 5. The van der Waals surface area contributed by atoms with E-state index >= 15 is 0 Å². The van der Waals surface area contributed by atoms with Crippen LogP contribution in [-0.4, -0.2) is 31.5 Å². The summed E-state index contributed by atoms with van der Waals surface area (Å²) in [5.74, 6) is -1.36. The van der Waals surface area contributed by atoms with Gasteiger partial charge in [-0.2, -0.15) is 5.26 Å². The Morgan fingerprint density at radius 2 is 1.96 bits per heavy atom. The number of benzene rings is 1. The normalized spacial score (nSPS) is 32.9. The van der Waals surface area contributed by atoms with Crippen molar-refractivity contribution in [3.8, 4) is 11.8 Å². The smallest absolute Gasteiger partial charge is 0.497 e.